The van der Waals surface area contributed by atoms with E-state index in [0.717, 1.165) is 45.9 Å². The van der Waals surface area contributed by atoms with Crippen LogP contribution in [0.15, 0.2) is 84.1 Å². The van der Waals surface area contributed by atoms with Crippen molar-refractivity contribution >= 4 is 28.8 Å². The van der Waals surface area contributed by atoms with Gasteiger partial charge in [-0.3, -0.25) is 4.79 Å². The van der Waals surface area contributed by atoms with Crippen molar-refractivity contribution in [3.05, 3.63) is 100 Å². The minimum absolute atomic E-state index is 0.120. The zero-order valence-electron chi connectivity index (χ0n) is 17.2. The third kappa shape index (κ3) is 3.79. The van der Waals surface area contributed by atoms with Crippen molar-refractivity contribution in [1.29, 1.82) is 0 Å². The summed E-state index contributed by atoms with van der Waals surface area (Å²) < 4.78 is 5.28. The zero-order chi connectivity index (χ0) is 21.4. The molecule has 3 aromatic carbocycles. The standard InChI is InChI=1S/C26H23ClN2O2/c1-31-20-11-9-16(10-12-20)18-14-23-25(24(30)15-18)26(17-5-4-6-19(27)13-17)29-22-8-3-2-7-21(22)28-23/h2-13,18,26,28-29H,14-15H2,1H3/t18-,26-/m1/s1. The van der Waals surface area contributed by atoms with E-state index >= 15 is 0 Å². The molecule has 156 valence electrons. The highest BCUT2D eigenvalue weighted by molar-refractivity contribution is 6.30. The fraction of sp³-hybridized carbons (Fsp3) is 0.192. The summed E-state index contributed by atoms with van der Waals surface area (Å²) in [5, 5.41) is 7.81. The molecule has 31 heavy (non-hydrogen) atoms. The maximum Gasteiger partial charge on any atom is 0.163 e. The minimum Gasteiger partial charge on any atom is -0.497 e. The number of Topliss-reactive ketones (excluding diaryl/α,β-unsaturated/α-hetero) is 1. The lowest BCUT2D eigenvalue weighted by molar-refractivity contribution is -0.116. The van der Waals surface area contributed by atoms with Gasteiger partial charge in [0.05, 0.1) is 24.5 Å². The average molecular weight is 431 g/mol. The van der Waals surface area contributed by atoms with Gasteiger partial charge in [0.2, 0.25) is 0 Å². The number of benzene rings is 3. The molecule has 1 aliphatic heterocycles. The molecule has 0 saturated carbocycles. The lowest BCUT2D eigenvalue weighted by atomic mass is 9.78. The number of hydrogen-bond acceptors (Lipinski definition) is 4. The number of fused-ring (bicyclic) bond motifs is 1. The molecule has 2 atom stereocenters. The number of carbonyl (C=O) groups excluding carboxylic acids is 1. The van der Waals surface area contributed by atoms with Crippen LogP contribution in [0.25, 0.3) is 0 Å². The first kappa shape index (κ1) is 19.7. The van der Waals surface area contributed by atoms with Crippen molar-refractivity contribution in [1.82, 2.24) is 0 Å². The van der Waals surface area contributed by atoms with Gasteiger partial charge < -0.3 is 15.4 Å². The molecular formula is C26H23ClN2O2. The Labute approximate surface area is 186 Å². The Hall–Kier alpha value is -3.24. The largest absolute Gasteiger partial charge is 0.497 e. The van der Waals surface area contributed by atoms with Crippen molar-refractivity contribution < 1.29 is 9.53 Å². The molecule has 0 amide bonds. The maximum absolute atomic E-state index is 13.5. The summed E-state index contributed by atoms with van der Waals surface area (Å²) in [6.45, 7) is 0. The zero-order valence-corrected chi connectivity index (χ0v) is 17.9. The molecule has 1 aliphatic carbocycles. The number of ketones is 1. The lowest BCUT2D eigenvalue weighted by Crippen LogP contribution is -2.26. The van der Waals surface area contributed by atoms with Crippen LogP contribution in [0.5, 0.6) is 5.75 Å². The third-order valence-electron chi connectivity index (χ3n) is 6.08. The van der Waals surface area contributed by atoms with Gasteiger partial charge in [-0.05, 0) is 59.9 Å². The Bertz CT molecular complexity index is 1170. The van der Waals surface area contributed by atoms with Crippen LogP contribution in [-0.4, -0.2) is 12.9 Å². The predicted octanol–water partition coefficient (Wildman–Crippen LogP) is 6.33. The molecule has 3 aromatic rings. The Balaban J connectivity index is 1.58. The second kappa shape index (κ2) is 8.12. The second-order valence-electron chi connectivity index (χ2n) is 8.00. The van der Waals surface area contributed by atoms with Crippen molar-refractivity contribution in [2.45, 2.75) is 24.8 Å². The molecule has 1 heterocycles. The number of anilines is 2. The summed E-state index contributed by atoms with van der Waals surface area (Å²) in [5.74, 6) is 1.09. The molecule has 0 fully saturated rings. The third-order valence-corrected chi connectivity index (χ3v) is 6.31. The van der Waals surface area contributed by atoms with E-state index in [1.165, 1.54) is 0 Å². The van der Waals surface area contributed by atoms with Crippen molar-refractivity contribution in [2.75, 3.05) is 17.7 Å². The van der Waals surface area contributed by atoms with Crippen LogP contribution in [-0.2, 0) is 4.79 Å². The van der Waals surface area contributed by atoms with E-state index < -0.39 is 0 Å². The molecule has 5 heteroatoms. The number of halogens is 1. The molecule has 2 aliphatic rings. The number of nitrogens with one attached hydrogen (secondary N) is 2. The number of para-hydroxylation sites is 2. The monoisotopic (exact) mass is 430 g/mol. The fourth-order valence-electron chi connectivity index (χ4n) is 4.54. The molecule has 5 rings (SSSR count). The van der Waals surface area contributed by atoms with E-state index in [9.17, 15) is 4.79 Å². The molecule has 0 unspecified atom stereocenters. The van der Waals surface area contributed by atoms with Gasteiger partial charge in [0.15, 0.2) is 5.78 Å². The van der Waals surface area contributed by atoms with E-state index in [1.807, 2.05) is 60.7 Å². The predicted molar refractivity (Wildman–Crippen MR) is 125 cm³/mol. The van der Waals surface area contributed by atoms with Crippen molar-refractivity contribution in [3.63, 3.8) is 0 Å². The quantitative estimate of drug-likeness (QED) is 0.509. The molecule has 0 saturated heterocycles. The van der Waals surface area contributed by atoms with Gasteiger partial charge in [-0.2, -0.15) is 0 Å². The Morgan fingerprint density at radius 3 is 2.42 bits per heavy atom. The van der Waals surface area contributed by atoms with Crippen molar-refractivity contribution in [2.24, 2.45) is 0 Å². The van der Waals surface area contributed by atoms with Gasteiger partial charge in [-0.25, -0.2) is 0 Å². The van der Waals surface area contributed by atoms with Crippen LogP contribution in [0.3, 0.4) is 0 Å². The van der Waals surface area contributed by atoms with Gasteiger partial charge in [-0.15, -0.1) is 0 Å². The van der Waals surface area contributed by atoms with Gasteiger partial charge in [0.25, 0.3) is 0 Å². The summed E-state index contributed by atoms with van der Waals surface area (Å²) >= 11 is 6.29. The van der Waals surface area contributed by atoms with Gasteiger partial charge in [-0.1, -0.05) is 48.0 Å². The van der Waals surface area contributed by atoms with Crippen LogP contribution in [0.4, 0.5) is 11.4 Å². The van der Waals surface area contributed by atoms with E-state index in [2.05, 4.69) is 22.8 Å². The SMILES string of the molecule is COc1ccc([C@H]2CC(=O)C3=C(C2)Nc2ccccc2N[C@@H]3c2cccc(Cl)c2)cc1. The van der Waals surface area contributed by atoms with E-state index in [1.54, 1.807) is 7.11 Å². The van der Waals surface area contributed by atoms with Crippen LogP contribution in [0, 0.1) is 0 Å². The topological polar surface area (TPSA) is 50.4 Å². The molecule has 0 bridgehead atoms. The van der Waals surface area contributed by atoms with Crippen LogP contribution >= 0.6 is 11.6 Å². The van der Waals surface area contributed by atoms with E-state index in [-0.39, 0.29) is 17.7 Å². The number of carbonyl (C=O) groups is 1. The van der Waals surface area contributed by atoms with Gasteiger partial charge in [0.1, 0.15) is 5.75 Å². The summed E-state index contributed by atoms with van der Waals surface area (Å²) in [6.07, 6.45) is 1.24. The number of allylic oxidation sites excluding steroid dienone is 1. The normalized spacial score (nSPS) is 20.1. The summed E-state index contributed by atoms with van der Waals surface area (Å²) in [7, 11) is 1.66. The number of rotatable bonds is 3. The first-order chi connectivity index (χ1) is 15.1. The van der Waals surface area contributed by atoms with Crippen LogP contribution in [0.1, 0.15) is 35.9 Å². The summed E-state index contributed by atoms with van der Waals surface area (Å²) in [6, 6.07) is 23.6. The van der Waals surface area contributed by atoms with E-state index in [4.69, 9.17) is 16.3 Å². The number of ether oxygens (including phenoxy) is 1. The van der Waals surface area contributed by atoms with E-state index in [0.29, 0.717) is 11.4 Å². The first-order valence-electron chi connectivity index (χ1n) is 10.4. The van der Waals surface area contributed by atoms with Crippen molar-refractivity contribution in [3.8, 4) is 5.75 Å². The van der Waals surface area contributed by atoms with Crippen LogP contribution < -0.4 is 15.4 Å². The first-order valence-corrected chi connectivity index (χ1v) is 10.8. The molecule has 0 spiro atoms. The van der Waals surface area contributed by atoms with Gasteiger partial charge >= 0.3 is 0 Å². The summed E-state index contributed by atoms with van der Waals surface area (Å²) in [4.78, 5) is 13.5. The lowest BCUT2D eigenvalue weighted by Gasteiger charge is -2.30. The Kier molecular flexibility index (Phi) is 5.16. The molecule has 0 radical (unpaired) electrons. The Morgan fingerprint density at radius 2 is 1.68 bits per heavy atom. The maximum atomic E-state index is 13.5. The molecule has 2 N–H and O–H groups in total. The minimum atomic E-state index is -0.255. The molecule has 4 nitrogen and oxygen atoms in total. The molecular weight excluding hydrogens is 408 g/mol. The Morgan fingerprint density at radius 1 is 0.903 bits per heavy atom. The van der Waals surface area contributed by atoms with Gasteiger partial charge in [0, 0.05) is 22.7 Å². The number of hydrogen-bond donors (Lipinski definition) is 2. The molecule has 0 aromatic heterocycles. The summed E-state index contributed by atoms with van der Waals surface area (Å²) in [5.41, 5.74) is 5.84. The second-order valence-corrected chi connectivity index (χ2v) is 8.43. The fourth-order valence-corrected chi connectivity index (χ4v) is 4.74. The van der Waals surface area contributed by atoms with Crippen LogP contribution in [0.2, 0.25) is 5.02 Å². The highest BCUT2D eigenvalue weighted by Crippen LogP contribution is 2.44. The average Bonchev–Trinajstić information content (AvgIpc) is 2.96. The smallest absolute Gasteiger partial charge is 0.163 e. The number of methoxy groups -OCH3 is 1. The highest BCUT2D eigenvalue weighted by Gasteiger charge is 2.36. The highest BCUT2D eigenvalue weighted by atomic mass is 35.5.